The number of aliphatic hydroxyl groups is 5. The zero-order valence-corrected chi connectivity index (χ0v) is 19.8. The predicted molar refractivity (Wildman–Crippen MR) is 110 cm³/mol. The molecule has 3 saturated heterocycles. The number of fused-ring (bicyclic) bond motifs is 2. The van der Waals surface area contributed by atoms with Crippen LogP contribution in [0.3, 0.4) is 0 Å². The van der Waals surface area contributed by atoms with E-state index in [1.165, 1.54) is 0 Å². The van der Waals surface area contributed by atoms with E-state index in [9.17, 15) is 54.0 Å². The molecule has 11 atom stereocenters. The van der Waals surface area contributed by atoms with Crippen LogP contribution in [0.25, 0.3) is 0 Å². The molecule has 0 radical (unpaired) electrons. The Bertz CT molecular complexity index is 1180. The summed E-state index contributed by atoms with van der Waals surface area (Å²) in [5, 5.41) is 49.7. The maximum Gasteiger partial charge on any atom is 0.479 e. The topological polar surface area (TPSA) is 277 Å². The van der Waals surface area contributed by atoms with E-state index in [1.54, 1.807) is 0 Å². The largest absolute Gasteiger partial charge is 0.479 e. The van der Waals surface area contributed by atoms with Crippen molar-refractivity contribution in [3.8, 4) is 0 Å². The summed E-state index contributed by atoms with van der Waals surface area (Å²) in [6.07, 6.45) is -12.6. The summed E-state index contributed by atoms with van der Waals surface area (Å²) in [7, 11) is -10.5. The molecule has 18 nitrogen and oxygen atoms in total. The molecule has 1 aromatic heterocycles. The lowest BCUT2D eigenvalue weighted by Crippen LogP contribution is -2.54. The summed E-state index contributed by atoms with van der Waals surface area (Å²) in [6, 6.07) is 0.949. The van der Waals surface area contributed by atoms with Gasteiger partial charge < -0.3 is 49.5 Å². The number of aliphatic hydroxyl groups excluding tert-OH is 5. The third kappa shape index (κ3) is 5.16. The first-order chi connectivity index (χ1) is 16.7. The zero-order chi connectivity index (χ0) is 26.6. The number of H-pyrrole nitrogens is 1. The van der Waals surface area contributed by atoms with E-state index in [0.29, 0.717) is 0 Å². The summed E-state index contributed by atoms with van der Waals surface area (Å²) >= 11 is 0. The van der Waals surface area contributed by atoms with Crippen LogP contribution >= 0.6 is 15.4 Å². The fourth-order valence-corrected chi connectivity index (χ4v) is 7.16. The van der Waals surface area contributed by atoms with Gasteiger partial charge in [-0.15, -0.1) is 0 Å². The van der Waals surface area contributed by atoms with E-state index in [-0.39, 0.29) is 0 Å². The van der Waals surface area contributed by atoms with Gasteiger partial charge in [-0.2, -0.15) is 0 Å². The first-order valence-corrected chi connectivity index (χ1v) is 13.6. The van der Waals surface area contributed by atoms with E-state index in [1.807, 2.05) is 4.98 Å². The predicted octanol–water partition coefficient (Wildman–Crippen LogP) is -4.32. The van der Waals surface area contributed by atoms with Crippen molar-refractivity contribution in [2.24, 2.45) is 0 Å². The lowest BCUT2D eigenvalue weighted by Gasteiger charge is -2.34. The van der Waals surface area contributed by atoms with E-state index in [4.69, 9.17) is 14.2 Å². The van der Waals surface area contributed by atoms with Crippen molar-refractivity contribution in [3.63, 3.8) is 0 Å². The minimum Gasteiger partial charge on any atom is -0.394 e. The maximum atomic E-state index is 12.5. The molecule has 8 N–H and O–H groups in total. The van der Waals surface area contributed by atoms with Crippen molar-refractivity contribution >= 4 is 15.4 Å². The summed E-state index contributed by atoms with van der Waals surface area (Å²) in [4.78, 5) is 45.1. The van der Waals surface area contributed by atoms with Crippen LogP contribution in [0.4, 0.5) is 0 Å². The van der Waals surface area contributed by atoms with Crippen LogP contribution in [0, 0.1) is 0 Å². The van der Waals surface area contributed by atoms with E-state index in [0.717, 1.165) is 16.8 Å². The van der Waals surface area contributed by atoms with Gasteiger partial charge in [0.1, 0.15) is 48.9 Å². The molecule has 0 aromatic carbocycles. The number of aromatic nitrogens is 2. The standard InChI is InChI=1S/C16H24N2O16P2/c19-3-6-12-11(23)13(24)16(32-6,33-12)5-35(26,27)34-36(28,29)30-4-7-9(21)10(22)14(31-7)18-2-1-8(20)17-15(18)25/h1-2,6-7,9-14,19,21-24H,3-5H2,(H,26,27)(H,28,29)(H,17,20,25)/t6-,7-,9-,10-,11+,12+,13-,14-,16+/m1/s1. The Morgan fingerprint density at radius 1 is 1.06 bits per heavy atom. The molecular weight excluding hydrogens is 538 g/mol. The molecule has 3 aliphatic heterocycles. The van der Waals surface area contributed by atoms with Crippen LogP contribution in [0.5, 0.6) is 0 Å². The maximum absolute atomic E-state index is 12.5. The Kier molecular flexibility index (Phi) is 7.50. The van der Waals surface area contributed by atoms with Crippen molar-refractivity contribution in [2.45, 2.75) is 54.7 Å². The van der Waals surface area contributed by atoms with Gasteiger partial charge in [0.25, 0.3) is 5.56 Å². The molecule has 2 unspecified atom stereocenters. The Hall–Kier alpha value is -1.34. The smallest absolute Gasteiger partial charge is 0.394 e. The summed E-state index contributed by atoms with van der Waals surface area (Å²) in [5.74, 6) is -2.31. The fourth-order valence-electron chi connectivity index (χ4n) is 4.22. The summed E-state index contributed by atoms with van der Waals surface area (Å²) in [6.45, 7) is -1.62. The first-order valence-electron chi connectivity index (χ1n) is 10.3. The highest BCUT2D eigenvalue weighted by atomic mass is 31.3. The molecule has 20 heteroatoms. The average molecular weight is 562 g/mol. The number of nitrogens with zero attached hydrogens (tertiary/aromatic N) is 1. The molecule has 0 saturated carbocycles. The SMILES string of the molecule is O=c1ccn([C@@H]2O[C@H](COP(=O)(O)OP(=O)(O)C[C@]34O[C@H]([C@H](O)[C@H]3O)[C@@H](CO)O4)[C@@H](O)[C@H]2O)c(=O)[nH]1. The van der Waals surface area contributed by atoms with Crippen molar-refractivity contribution in [3.05, 3.63) is 33.1 Å². The number of aromatic amines is 1. The van der Waals surface area contributed by atoms with Crippen molar-refractivity contribution in [1.82, 2.24) is 9.55 Å². The third-order valence-electron chi connectivity index (χ3n) is 5.86. The molecule has 204 valence electrons. The van der Waals surface area contributed by atoms with Gasteiger partial charge in [-0.1, -0.05) is 0 Å². The highest BCUT2D eigenvalue weighted by Crippen LogP contribution is 2.63. The second-order valence-corrected chi connectivity index (χ2v) is 11.8. The Morgan fingerprint density at radius 3 is 2.39 bits per heavy atom. The second kappa shape index (κ2) is 9.76. The van der Waals surface area contributed by atoms with Crippen molar-refractivity contribution in [2.75, 3.05) is 19.4 Å². The third-order valence-corrected chi connectivity index (χ3v) is 9.02. The Labute approximate surface area is 200 Å². The van der Waals surface area contributed by atoms with Crippen molar-refractivity contribution in [1.29, 1.82) is 0 Å². The number of hydrogen-bond acceptors (Lipinski definition) is 14. The molecule has 1 aromatic rings. The van der Waals surface area contributed by atoms with Crippen LogP contribution in [0.2, 0.25) is 0 Å². The lowest BCUT2D eigenvalue weighted by atomic mass is 9.99. The Balaban J connectivity index is 1.39. The zero-order valence-electron chi connectivity index (χ0n) is 18.0. The van der Waals surface area contributed by atoms with Crippen LogP contribution in [0.15, 0.2) is 21.9 Å². The van der Waals surface area contributed by atoms with Gasteiger partial charge in [-0.05, 0) is 0 Å². The van der Waals surface area contributed by atoms with Gasteiger partial charge >= 0.3 is 21.1 Å². The molecule has 0 spiro atoms. The number of rotatable bonds is 9. The monoisotopic (exact) mass is 562 g/mol. The number of phosphoric acid groups is 1. The molecule has 4 rings (SSSR count). The van der Waals surface area contributed by atoms with E-state index >= 15 is 0 Å². The molecule has 0 aliphatic carbocycles. The van der Waals surface area contributed by atoms with Gasteiger partial charge in [0.15, 0.2) is 6.23 Å². The van der Waals surface area contributed by atoms with E-state index in [2.05, 4.69) is 8.83 Å². The minimum atomic E-state index is -5.37. The molecule has 2 bridgehead atoms. The number of ether oxygens (including phenoxy) is 3. The lowest BCUT2D eigenvalue weighted by molar-refractivity contribution is -0.211. The number of phosphoric ester groups is 1. The van der Waals surface area contributed by atoms with Gasteiger partial charge in [0.05, 0.1) is 13.2 Å². The van der Waals surface area contributed by atoms with Crippen LogP contribution < -0.4 is 11.2 Å². The second-order valence-electron chi connectivity index (χ2n) is 8.37. The number of hydrogen-bond donors (Lipinski definition) is 8. The highest BCUT2D eigenvalue weighted by Gasteiger charge is 2.66. The van der Waals surface area contributed by atoms with Crippen molar-refractivity contribution < 1.29 is 67.5 Å². The molecule has 3 aliphatic rings. The average Bonchev–Trinajstić information content (AvgIpc) is 3.35. The van der Waals surface area contributed by atoms with Gasteiger partial charge in [0.2, 0.25) is 5.79 Å². The fraction of sp³-hybridized carbons (Fsp3) is 0.750. The van der Waals surface area contributed by atoms with Crippen LogP contribution in [0.1, 0.15) is 6.23 Å². The van der Waals surface area contributed by atoms with Gasteiger partial charge in [-0.3, -0.25) is 23.4 Å². The molecule has 0 amide bonds. The minimum absolute atomic E-state index is 0.657. The molecular formula is C16H24N2O16P2. The normalized spacial score (nSPS) is 41.3. The van der Waals surface area contributed by atoms with E-state index < -0.39 is 101 Å². The van der Waals surface area contributed by atoms with Crippen LogP contribution in [-0.4, -0.2) is 113 Å². The highest BCUT2D eigenvalue weighted by molar-refractivity contribution is 7.64. The van der Waals surface area contributed by atoms with Gasteiger partial charge in [-0.25, -0.2) is 13.7 Å². The molecule has 4 heterocycles. The summed E-state index contributed by atoms with van der Waals surface area (Å²) < 4.78 is 50.3. The number of nitrogens with one attached hydrogen (secondary N) is 1. The molecule has 36 heavy (non-hydrogen) atoms. The molecule has 3 fully saturated rings. The van der Waals surface area contributed by atoms with Gasteiger partial charge in [0, 0.05) is 12.3 Å². The first kappa shape index (κ1) is 27.7. The Morgan fingerprint density at radius 2 is 1.75 bits per heavy atom. The van der Waals surface area contributed by atoms with Crippen LogP contribution in [-0.2, 0) is 32.2 Å². The summed E-state index contributed by atoms with van der Waals surface area (Å²) in [5.41, 5.74) is -1.70. The quantitative estimate of drug-likeness (QED) is 0.132.